The second-order valence-electron chi connectivity index (χ2n) is 6.30. The predicted octanol–water partition coefficient (Wildman–Crippen LogP) is 3.77. The molecule has 0 aliphatic carbocycles. The average molecular weight is 359 g/mol. The maximum atomic E-state index is 11.6. The van der Waals surface area contributed by atoms with Gasteiger partial charge in [0.15, 0.2) is 0 Å². The van der Waals surface area contributed by atoms with Crippen LogP contribution >= 0.6 is 0 Å². The van der Waals surface area contributed by atoms with Crippen molar-refractivity contribution in [3.63, 3.8) is 0 Å². The highest BCUT2D eigenvalue weighted by atomic mass is 16.7. The largest absolute Gasteiger partial charge is 0.478 e. The second-order valence-corrected chi connectivity index (χ2v) is 6.30. The Labute approximate surface area is 156 Å². The van der Waals surface area contributed by atoms with Gasteiger partial charge in [-0.05, 0) is 55.0 Å². The fourth-order valence-corrected chi connectivity index (χ4v) is 2.88. The van der Waals surface area contributed by atoms with E-state index >= 15 is 0 Å². The molecule has 1 aromatic carbocycles. The van der Waals surface area contributed by atoms with E-state index in [4.69, 9.17) is 4.84 Å². The number of carbonyl (C=O) groups is 1. The number of rotatable bonds is 4. The van der Waals surface area contributed by atoms with Crippen molar-refractivity contribution in [2.24, 2.45) is 0 Å². The van der Waals surface area contributed by atoms with Crippen LogP contribution < -0.4 is 5.48 Å². The molecule has 2 N–H and O–H groups in total. The highest BCUT2D eigenvalue weighted by molar-refractivity contribution is 5.91. The van der Waals surface area contributed by atoms with Crippen LogP contribution in [0, 0.1) is 6.92 Å². The Balaban J connectivity index is 1.74. The summed E-state index contributed by atoms with van der Waals surface area (Å²) >= 11 is 0. The van der Waals surface area contributed by atoms with Crippen LogP contribution in [0.2, 0.25) is 0 Å². The van der Waals surface area contributed by atoms with Crippen molar-refractivity contribution in [3.05, 3.63) is 89.4 Å². The minimum atomic E-state index is -0.994. The van der Waals surface area contributed by atoms with Gasteiger partial charge >= 0.3 is 5.97 Å². The third-order valence-electron chi connectivity index (χ3n) is 4.29. The van der Waals surface area contributed by atoms with Gasteiger partial charge in [-0.3, -0.25) is 20.3 Å². The van der Waals surface area contributed by atoms with E-state index in [9.17, 15) is 9.90 Å². The zero-order chi connectivity index (χ0) is 18.8. The Hall–Kier alpha value is -3.51. The number of aromatic nitrogens is 2. The lowest BCUT2D eigenvalue weighted by atomic mass is 10.0. The standard InChI is InChI=1S/C21H17N3O3/c1-13-5-6-17(23-12-13)14-8-15(10-16(9-14)21(25)26)19-11-20(27-24-19)18-4-2-3-7-22-18/h2-12,20,24H,1H3,(H,25,26). The lowest BCUT2D eigenvalue weighted by Gasteiger charge is -2.09. The van der Waals surface area contributed by atoms with Crippen LogP contribution in [0.3, 0.4) is 0 Å². The van der Waals surface area contributed by atoms with Crippen molar-refractivity contribution in [2.45, 2.75) is 13.0 Å². The predicted molar refractivity (Wildman–Crippen MR) is 101 cm³/mol. The normalized spacial score (nSPS) is 15.9. The smallest absolute Gasteiger partial charge is 0.335 e. The molecule has 0 fully saturated rings. The van der Waals surface area contributed by atoms with Crippen molar-refractivity contribution < 1.29 is 14.7 Å². The number of benzene rings is 1. The summed E-state index contributed by atoms with van der Waals surface area (Å²) in [5, 5.41) is 9.50. The Morgan fingerprint density at radius 3 is 2.67 bits per heavy atom. The van der Waals surface area contributed by atoms with E-state index in [0.29, 0.717) is 17.0 Å². The molecule has 0 amide bonds. The van der Waals surface area contributed by atoms with Crippen LogP contribution in [0.1, 0.15) is 33.3 Å². The molecule has 3 heterocycles. The fourth-order valence-electron chi connectivity index (χ4n) is 2.88. The fraction of sp³-hybridized carbons (Fsp3) is 0.0952. The molecular weight excluding hydrogens is 342 g/mol. The van der Waals surface area contributed by atoms with Crippen LogP contribution in [0.4, 0.5) is 0 Å². The zero-order valence-electron chi connectivity index (χ0n) is 14.6. The summed E-state index contributed by atoms with van der Waals surface area (Å²) in [6.07, 6.45) is 5.01. The first-order valence-electron chi connectivity index (χ1n) is 8.46. The van der Waals surface area contributed by atoms with Crippen LogP contribution in [-0.4, -0.2) is 21.0 Å². The second kappa shape index (κ2) is 7.01. The Bertz CT molecular complexity index is 1010. The summed E-state index contributed by atoms with van der Waals surface area (Å²) in [5.41, 5.74) is 7.74. The molecule has 6 heteroatoms. The number of hydrogen-bond acceptors (Lipinski definition) is 5. The lowest BCUT2D eigenvalue weighted by Crippen LogP contribution is -2.09. The number of hydroxylamine groups is 1. The highest BCUT2D eigenvalue weighted by Crippen LogP contribution is 2.30. The Morgan fingerprint density at radius 1 is 1.11 bits per heavy atom. The first kappa shape index (κ1) is 16.9. The number of carboxylic acids is 1. The number of aromatic carboxylic acids is 1. The van der Waals surface area contributed by atoms with Gasteiger partial charge in [-0.25, -0.2) is 4.79 Å². The average Bonchev–Trinajstić information content (AvgIpc) is 3.19. The quantitative estimate of drug-likeness (QED) is 0.738. The van der Waals surface area contributed by atoms with Gasteiger partial charge in [0.25, 0.3) is 0 Å². The molecule has 134 valence electrons. The van der Waals surface area contributed by atoms with Crippen molar-refractivity contribution in [1.29, 1.82) is 0 Å². The van der Waals surface area contributed by atoms with Crippen LogP contribution in [0.25, 0.3) is 17.0 Å². The highest BCUT2D eigenvalue weighted by Gasteiger charge is 2.21. The molecule has 3 aromatic rings. The number of carboxylic acid groups (broad SMARTS) is 1. The molecule has 27 heavy (non-hydrogen) atoms. The van der Waals surface area contributed by atoms with Gasteiger partial charge in [-0.1, -0.05) is 12.1 Å². The lowest BCUT2D eigenvalue weighted by molar-refractivity contribution is 0.0487. The van der Waals surface area contributed by atoms with Gasteiger partial charge in [0, 0.05) is 23.5 Å². The molecule has 0 saturated carbocycles. The number of nitrogens with one attached hydrogen (secondary N) is 1. The maximum Gasteiger partial charge on any atom is 0.335 e. The summed E-state index contributed by atoms with van der Waals surface area (Å²) in [5.74, 6) is -0.994. The molecular formula is C21H17N3O3. The SMILES string of the molecule is Cc1ccc(-c2cc(C(=O)O)cc(C3=CC(c4ccccn4)ON3)c2)nc1. The van der Waals surface area contributed by atoms with Crippen LogP contribution in [0.5, 0.6) is 0 Å². The van der Waals surface area contributed by atoms with E-state index in [0.717, 1.165) is 16.8 Å². The summed E-state index contributed by atoms with van der Waals surface area (Å²) in [6.45, 7) is 1.96. The van der Waals surface area contributed by atoms with Crippen LogP contribution in [-0.2, 0) is 4.84 Å². The molecule has 0 saturated heterocycles. The van der Waals surface area contributed by atoms with E-state index in [2.05, 4.69) is 15.4 Å². The van der Waals surface area contributed by atoms with E-state index in [-0.39, 0.29) is 11.7 Å². The maximum absolute atomic E-state index is 11.6. The van der Waals surface area contributed by atoms with E-state index in [1.165, 1.54) is 0 Å². The van der Waals surface area contributed by atoms with Gasteiger partial charge in [0.1, 0.15) is 6.10 Å². The van der Waals surface area contributed by atoms with Gasteiger partial charge < -0.3 is 5.11 Å². The molecule has 1 aliphatic rings. The van der Waals surface area contributed by atoms with Gasteiger partial charge in [0.05, 0.1) is 22.6 Å². The number of hydrogen-bond donors (Lipinski definition) is 2. The molecule has 1 atom stereocenters. The summed E-state index contributed by atoms with van der Waals surface area (Å²) in [6, 6.07) is 14.6. The van der Waals surface area contributed by atoms with Crippen molar-refractivity contribution >= 4 is 11.7 Å². The summed E-state index contributed by atoms with van der Waals surface area (Å²) in [4.78, 5) is 25.9. The first-order chi connectivity index (χ1) is 13.1. The molecule has 0 spiro atoms. The summed E-state index contributed by atoms with van der Waals surface area (Å²) < 4.78 is 0. The number of aryl methyl sites for hydroxylation is 1. The van der Waals surface area contributed by atoms with E-state index < -0.39 is 5.97 Å². The minimum absolute atomic E-state index is 0.189. The monoisotopic (exact) mass is 359 g/mol. The van der Waals surface area contributed by atoms with Crippen LogP contribution in [0.15, 0.2) is 67.0 Å². The van der Waals surface area contributed by atoms with Crippen molar-refractivity contribution in [3.8, 4) is 11.3 Å². The number of pyridine rings is 2. The molecule has 2 aromatic heterocycles. The number of nitrogens with zero attached hydrogens (tertiary/aromatic N) is 2. The Morgan fingerprint density at radius 2 is 1.96 bits per heavy atom. The Kier molecular flexibility index (Phi) is 4.40. The summed E-state index contributed by atoms with van der Waals surface area (Å²) in [7, 11) is 0. The van der Waals surface area contributed by atoms with E-state index in [1.54, 1.807) is 24.5 Å². The van der Waals surface area contributed by atoms with Gasteiger partial charge in [-0.2, -0.15) is 0 Å². The minimum Gasteiger partial charge on any atom is -0.478 e. The zero-order valence-corrected chi connectivity index (χ0v) is 14.6. The molecule has 1 unspecified atom stereocenters. The van der Waals surface area contributed by atoms with Crippen molar-refractivity contribution in [1.82, 2.24) is 15.4 Å². The molecule has 0 bridgehead atoms. The third kappa shape index (κ3) is 3.56. The first-order valence-corrected chi connectivity index (χ1v) is 8.46. The molecule has 0 radical (unpaired) electrons. The van der Waals surface area contributed by atoms with Gasteiger partial charge in [-0.15, -0.1) is 0 Å². The van der Waals surface area contributed by atoms with Crippen molar-refractivity contribution in [2.75, 3.05) is 0 Å². The van der Waals surface area contributed by atoms with Gasteiger partial charge in [0.2, 0.25) is 0 Å². The topological polar surface area (TPSA) is 84.3 Å². The molecule has 1 aliphatic heterocycles. The third-order valence-corrected chi connectivity index (χ3v) is 4.29. The molecule has 4 rings (SSSR count). The van der Waals surface area contributed by atoms with E-state index in [1.807, 2.05) is 49.4 Å². The molecule has 6 nitrogen and oxygen atoms in total.